The first-order valence-electron chi connectivity index (χ1n) is 16.5. The van der Waals surface area contributed by atoms with Gasteiger partial charge in [0.15, 0.2) is 0 Å². The van der Waals surface area contributed by atoms with Gasteiger partial charge < -0.3 is 14.4 Å². The van der Waals surface area contributed by atoms with Gasteiger partial charge in [-0.15, -0.1) is 0 Å². The van der Waals surface area contributed by atoms with Gasteiger partial charge in [0.25, 0.3) is 10.0 Å². The van der Waals surface area contributed by atoms with E-state index in [1.165, 1.54) is 3.97 Å². The average Bonchev–Trinajstić information content (AvgIpc) is 3.66. The second kappa shape index (κ2) is 13.4. The summed E-state index contributed by atoms with van der Waals surface area (Å²) in [4.78, 5) is 5.09. The first kappa shape index (κ1) is 34.3. The monoisotopic (exact) mass is 690 g/mol. The zero-order chi connectivity index (χ0) is 35.1. The van der Waals surface area contributed by atoms with E-state index in [2.05, 4.69) is 25.7 Å². The molecule has 6 aromatic rings. The molecule has 49 heavy (non-hydrogen) atoms. The molecule has 0 aliphatic carbocycles. The number of hydrogen-bond acceptors (Lipinski definition) is 6. The Morgan fingerprint density at radius 2 is 1.71 bits per heavy atom. The molecule has 8 nitrogen and oxygen atoms in total. The van der Waals surface area contributed by atoms with Crippen molar-refractivity contribution in [2.24, 2.45) is 0 Å². The molecular formula is C39H42N4O4SSi. The molecule has 0 aliphatic heterocycles. The van der Waals surface area contributed by atoms with Crippen LogP contribution >= 0.6 is 0 Å². The van der Waals surface area contributed by atoms with E-state index in [4.69, 9.17) is 9.72 Å². The summed E-state index contributed by atoms with van der Waals surface area (Å²) in [6.07, 6.45) is 1.04. The van der Waals surface area contributed by atoms with Gasteiger partial charge in [-0.3, -0.25) is 0 Å². The maximum atomic E-state index is 14.4. The van der Waals surface area contributed by atoms with Gasteiger partial charge in [0.05, 0.1) is 33.1 Å². The van der Waals surface area contributed by atoms with Crippen molar-refractivity contribution in [1.82, 2.24) is 13.5 Å². The van der Waals surface area contributed by atoms with Crippen LogP contribution in [0.15, 0.2) is 90.0 Å². The molecule has 1 unspecified atom stereocenters. The molecule has 2 aromatic heterocycles. The quantitative estimate of drug-likeness (QED) is 0.108. The van der Waals surface area contributed by atoms with Gasteiger partial charge in [-0.1, -0.05) is 80.7 Å². The fourth-order valence-corrected chi connectivity index (χ4v) is 8.56. The highest BCUT2D eigenvalue weighted by molar-refractivity contribution is 7.90. The third-order valence-corrected chi connectivity index (χ3v) is 12.4. The van der Waals surface area contributed by atoms with E-state index in [1.807, 2.05) is 67.8 Å². The molecule has 0 amide bonds. The number of fused-ring (bicyclic) bond motifs is 2. The van der Waals surface area contributed by atoms with E-state index in [0.29, 0.717) is 52.0 Å². The van der Waals surface area contributed by atoms with Crippen LogP contribution < -0.4 is 0 Å². The molecule has 6 rings (SSSR count). The highest BCUT2D eigenvalue weighted by Gasteiger charge is 2.31. The van der Waals surface area contributed by atoms with Crippen LogP contribution in [0.25, 0.3) is 33.1 Å². The molecule has 0 spiro atoms. The Balaban J connectivity index is 1.62. The smallest absolute Gasteiger partial charge is 0.268 e. The Hall–Kier alpha value is -4.53. The highest BCUT2D eigenvalue weighted by Crippen LogP contribution is 2.42. The third kappa shape index (κ3) is 6.59. The van der Waals surface area contributed by atoms with Crippen LogP contribution in [0.1, 0.15) is 46.7 Å². The summed E-state index contributed by atoms with van der Waals surface area (Å²) in [7, 11) is -5.36. The Labute approximate surface area is 289 Å². The van der Waals surface area contributed by atoms with Gasteiger partial charge >= 0.3 is 0 Å². The van der Waals surface area contributed by atoms with E-state index < -0.39 is 24.2 Å². The Bertz CT molecular complexity index is 2310. The molecule has 0 aliphatic rings. The molecule has 1 atom stereocenters. The van der Waals surface area contributed by atoms with Crippen LogP contribution in [0.4, 0.5) is 0 Å². The molecule has 252 valence electrons. The lowest BCUT2D eigenvalue weighted by molar-refractivity contribution is 0.0815. The van der Waals surface area contributed by atoms with Crippen LogP contribution in [0.3, 0.4) is 0 Å². The normalized spacial score (nSPS) is 12.9. The zero-order valence-corrected chi connectivity index (χ0v) is 30.7. The molecular weight excluding hydrogens is 649 g/mol. The summed E-state index contributed by atoms with van der Waals surface area (Å²) in [6.45, 7) is 13.5. The number of imidazole rings is 1. The number of benzene rings is 4. The van der Waals surface area contributed by atoms with Crippen molar-refractivity contribution in [1.29, 1.82) is 5.26 Å². The molecule has 4 aromatic carbocycles. The minimum Gasteiger partial charge on any atom is -0.380 e. The van der Waals surface area contributed by atoms with Crippen LogP contribution in [0.5, 0.6) is 0 Å². The summed E-state index contributed by atoms with van der Waals surface area (Å²) >= 11 is 0. The van der Waals surface area contributed by atoms with Gasteiger partial charge in [0, 0.05) is 37.4 Å². The van der Waals surface area contributed by atoms with E-state index in [0.717, 1.165) is 33.8 Å². The fraction of sp³-hybridized carbons (Fsp3) is 0.282. The molecule has 0 fully saturated rings. The molecule has 10 heteroatoms. The minimum atomic E-state index is -4.02. The number of ether oxygens (including phenoxy) is 1. The van der Waals surface area contributed by atoms with E-state index in [-0.39, 0.29) is 11.6 Å². The Morgan fingerprint density at radius 3 is 2.37 bits per heavy atom. The lowest BCUT2D eigenvalue weighted by Crippen LogP contribution is -2.22. The average molecular weight is 691 g/mol. The largest absolute Gasteiger partial charge is 0.380 e. The Morgan fingerprint density at radius 1 is 1.00 bits per heavy atom. The highest BCUT2D eigenvalue weighted by atomic mass is 32.2. The van der Waals surface area contributed by atoms with Crippen molar-refractivity contribution in [3.05, 3.63) is 119 Å². The maximum absolute atomic E-state index is 14.4. The van der Waals surface area contributed by atoms with Crippen LogP contribution in [-0.2, 0) is 27.9 Å². The number of hydrogen-bond donors (Lipinski definition) is 1. The van der Waals surface area contributed by atoms with Crippen LogP contribution in [-0.4, -0.2) is 41.7 Å². The van der Waals surface area contributed by atoms with Gasteiger partial charge in [0.2, 0.25) is 0 Å². The number of aryl methyl sites for hydroxylation is 3. The summed E-state index contributed by atoms with van der Waals surface area (Å²) in [5.41, 5.74) is 7.03. The molecule has 0 bridgehead atoms. The predicted octanol–water partition coefficient (Wildman–Crippen LogP) is 8.34. The summed E-state index contributed by atoms with van der Waals surface area (Å²) in [5, 5.41) is 22.8. The standard InChI is InChI=1S/C39H42N4O4SSi/c1-7-29-21-27(3)37-36(32(30-11-9-8-10-12-30)24-43(37)48(45,46)31-16-13-26(2)14-17-31)35(29)38(44)39-41-33-22-28(23-40)15-18-34(33)42(39)25-47-19-20-49(4,5)6/h8-18,21-22,24,38,44H,7,19-20,25H2,1-6H3. The van der Waals surface area contributed by atoms with Crippen molar-refractivity contribution >= 4 is 40.0 Å². The molecule has 0 radical (unpaired) electrons. The lowest BCUT2D eigenvalue weighted by atomic mass is 9.90. The summed E-state index contributed by atoms with van der Waals surface area (Å²) in [6, 6.07) is 27.0. The van der Waals surface area contributed by atoms with Crippen molar-refractivity contribution in [3.8, 4) is 17.2 Å². The van der Waals surface area contributed by atoms with Crippen molar-refractivity contribution in [3.63, 3.8) is 0 Å². The second-order valence-electron chi connectivity index (χ2n) is 13.8. The topological polar surface area (TPSA) is 110 Å². The first-order chi connectivity index (χ1) is 23.3. The fourth-order valence-electron chi connectivity index (χ4n) is 6.38. The van der Waals surface area contributed by atoms with Crippen molar-refractivity contribution < 1.29 is 18.3 Å². The van der Waals surface area contributed by atoms with E-state index >= 15 is 0 Å². The van der Waals surface area contributed by atoms with Gasteiger partial charge in [-0.05, 0) is 73.3 Å². The van der Waals surface area contributed by atoms with E-state index in [9.17, 15) is 18.8 Å². The number of aromatic nitrogens is 3. The van der Waals surface area contributed by atoms with Crippen LogP contribution in [0, 0.1) is 25.2 Å². The first-order valence-corrected chi connectivity index (χ1v) is 21.7. The van der Waals surface area contributed by atoms with Crippen molar-refractivity contribution in [2.45, 2.75) is 70.6 Å². The molecule has 2 heterocycles. The van der Waals surface area contributed by atoms with Crippen molar-refractivity contribution in [2.75, 3.05) is 6.61 Å². The maximum Gasteiger partial charge on any atom is 0.268 e. The molecule has 0 saturated heterocycles. The van der Waals surface area contributed by atoms with Gasteiger partial charge in [-0.2, -0.15) is 5.26 Å². The zero-order valence-electron chi connectivity index (χ0n) is 28.9. The van der Waals surface area contributed by atoms with Crippen LogP contribution in [0.2, 0.25) is 25.7 Å². The number of nitrogens with zero attached hydrogens (tertiary/aromatic N) is 4. The Kier molecular flexibility index (Phi) is 9.39. The lowest BCUT2D eigenvalue weighted by Gasteiger charge is -2.21. The third-order valence-electron chi connectivity index (χ3n) is 9.04. The number of aliphatic hydroxyl groups excluding tert-OH is 1. The number of nitriles is 1. The molecule has 1 N–H and O–H groups in total. The second-order valence-corrected chi connectivity index (χ2v) is 21.3. The minimum absolute atomic E-state index is 0.171. The predicted molar refractivity (Wildman–Crippen MR) is 198 cm³/mol. The SMILES string of the molecule is CCc1cc(C)c2c(c(-c3ccccc3)cn2S(=O)(=O)c2ccc(C)cc2)c1C(O)c1nc2cc(C#N)ccc2n1COCC[Si](C)(C)C. The number of rotatable bonds is 11. The summed E-state index contributed by atoms with van der Waals surface area (Å²) < 4.78 is 38.2. The van der Waals surface area contributed by atoms with Gasteiger partial charge in [-0.25, -0.2) is 17.4 Å². The molecule has 0 saturated carbocycles. The van der Waals surface area contributed by atoms with Gasteiger partial charge in [0.1, 0.15) is 18.7 Å². The van der Waals surface area contributed by atoms with E-state index in [1.54, 1.807) is 42.6 Å². The summed E-state index contributed by atoms with van der Waals surface area (Å²) in [5.74, 6) is 0.367. The number of aliphatic hydroxyl groups is 1.